The van der Waals surface area contributed by atoms with Crippen LogP contribution in [0.1, 0.15) is 23.1 Å². The molecule has 0 N–H and O–H groups in total. The summed E-state index contributed by atoms with van der Waals surface area (Å²) in [7, 11) is 0. The standard InChI is InChI=1S/C16H17N7O/c1-12-18-19-20-23(12)15(13-5-3-2-4-6-13)16(24)21-7-8-22-11-17-9-14(22)10-21/h2-6,9,11,15H,7-8,10H2,1H3/t15-/m0/s1. The van der Waals surface area contributed by atoms with Gasteiger partial charge in [-0.15, -0.1) is 5.10 Å². The van der Waals surface area contributed by atoms with Crippen LogP contribution in [0.2, 0.25) is 0 Å². The van der Waals surface area contributed by atoms with Crippen molar-refractivity contribution in [1.29, 1.82) is 0 Å². The van der Waals surface area contributed by atoms with Gasteiger partial charge in [0.15, 0.2) is 6.04 Å². The van der Waals surface area contributed by atoms with E-state index in [2.05, 4.69) is 25.1 Å². The number of carbonyl (C=O) groups is 1. The zero-order valence-electron chi connectivity index (χ0n) is 13.3. The molecular formula is C16H17N7O. The third-order valence-corrected chi connectivity index (χ3v) is 4.33. The van der Waals surface area contributed by atoms with E-state index in [1.807, 2.05) is 35.2 Å². The summed E-state index contributed by atoms with van der Waals surface area (Å²) >= 11 is 0. The van der Waals surface area contributed by atoms with E-state index in [0.29, 0.717) is 18.9 Å². The van der Waals surface area contributed by atoms with Crippen LogP contribution in [-0.4, -0.2) is 47.1 Å². The Balaban J connectivity index is 1.69. The Hall–Kier alpha value is -3.03. The zero-order chi connectivity index (χ0) is 16.5. The van der Waals surface area contributed by atoms with Crippen LogP contribution in [0.15, 0.2) is 42.9 Å². The first-order valence-electron chi connectivity index (χ1n) is 7.81. The van der Waals surface area contributed by atoms with Crippen molar-refractivity contribution in [2.24, 2.45) is 0 Å². The fourth-order valence-corrected chi connectivity index (χ4v) is 3.05. The molecule has 3 aromatic rings. The highest BCUT2D eigenvalue weighted by atomic mass is 16.2. The first-order chi connectivity index (χ1) is 11.7. The number of hydrogen-bond donors (Lipinski definition) is 0. The minimum absolute atomic E-state index is 0.0101. The van der Waals surface area contributed by atoms with E-state index in [1.165, 1.54) is 0 Å². The van der Waals surface area contributed by atoms with Gasteiger partial charge in [-0.1, -0.05) is 30.3 Å². The fourth-order valence-electron chi connectivity index (χ4n) is 3.05. The molecule has 0 aliphatic carbocycles. The van der Waals surface area contributed by atoms with Crippen LogP contribution >= 0.6 is 0 Å². The molecule has 4 rings (SSSR count). The summed E-state index contributed by atoms with van der Waals surface area (Å²) in [5.41, 5.74) is 1.91. The summed E-state index contributed by atoms with van der Waals surface area (Å²) in [6.45, 7) is 3.74. The van der Waals surface area contributed by atoms with E-state index >= 15 is 0 Å². The van der Waals surface area contributed by atoms with Crippen LogP contribution < -0.4 is 0 Å². The summed E-state index contributed by atoms with van der Waals surface area (Å²) in [6, 6.07) is 9.06. The van der Waals surface area contributed by atoms with Gasteiger partial charge >= 0.3 is 0 Å². The van der Waals surface area contributed by atoms with Crippen molar-refractivity contribution in [3.63, 3.8) is 0 Å². The smallest absolute Gasteiger partial charge is 0.252 e. The number of nitrogens with zero attached hydrogens (tertiary/aromatic N) is 7. The number of imidazole rings is 1. The van der Waals surface area contributed by atoms with Gasteiger partial charge in [0.1, 0.15) is 5.82 Å². The molecule has 8 heteroatoms. The van der Waals surface area contributed by atoms with Crippen LogP contribution in [0.4, 0.5) is 0 Å². The molecule has 122 valence electrons. The first-order valence-corrected chi connectivity index (χ1v) is 7.81. The van der Waals surface area contributed by atoms with E-state index < -0.39 is 6.04 Å². The summed E-state index contributed by atoms with van der Waals surface area (Å²) in [5.74, 6) is 0.600. The van der Waals surface area contributed by atoms with Crippen molar-refractivity contribution in [2.75, 3.05) is 6.54 Å². The molecule has 1 atom stereocenters. The number of amides is 1. The normalized spacial score (nSPS) is 15.1. The predicted octanol–water partition coefficient (Wildman–Crippen LogP) is 0.810. The highest BCUT2D eigenvalue weighted by Gasteiger charge is 2.31. The molecule has 0 saturated heterocycles. The van der Waals surface area contributed by atoms with Gasteiger partial charge < -0.3 is 9.47 Å². The summed E-state index contributed by atoms with van der Waals surface area (Å²) in [6.07, 6.45) is 3.61. The highest BCUT2D eigenvalue weighted by Crippen LogP contribution is 2.23. The molecule has 0 bridgehead atoms. The van der Waals surface area contributed by atoms with Crippen molar-refractivity contribution in [2.45, 2.75) is 26.1 Å². The molecule has 24 heavy (non-hydrogen) atoms. The highest BCUT2D eigenvalue weighted by molar-refractivity contribution is 5.83. The summed E-state index contributed by atoms with van der Waals surface area (Å²) in [4.78, 5) is 19.3. The van der Waals surface area contributed by atoms with E-state index in [-0.39, 0.29) is 5.91 Å². The summed E-state index contributed by atoms with van der Waals surface area (Å²) < 4.78 is 3.66. The Labute approximate surface area is 138 Å². The molecule has 1 aliphatic heterocycles. The second-order valence-electron chi connectivity index (χ2n) is 5.82. The van der Waals surface area contributed by atoms with E-state index in [0.717, 1.165) is 17.8 Å². The minimum atomic E-state index is -0.560. The number of aromatic nitrogens is 6. The van der Waals surface area contributed by atoms with Gasteiger partial charge in [-0.3, -0.25) is 4.79 Å². The van der Waals surface area contributed by atoms with Crippen LogP contribution in [0.25, 0.3) is 0 Å². The van der Waals surface area contributed by atoms with Crippen molar-refractivity contribution >= 4 is 5.91 Å². The molecule has 8 nitrogen and oxygen atoms in total. The Bertz CT molecular complexity index is 854. The predicted molar refractivity (Wildman–Crippen MR) is 84.8 cm³/mol. The molecule has 1 aromatic carbocycles. The number of fused-ring (bicyclic) bond motifs is 1. The van der Waals surface area contributed by atoms with Crippen molar-refractivity contribution < 1.29 is 4.79 Å². The molecule has 2 aromatic heterocycles. The van der Waals surface area contributed by atoms with Gasteiger partial charge in [0.05, 0.1) is 18.6 Å². The topological polar surface area (TPSA) is 81.7 Å². The monoisotopic (exact) mass is 323 g/mol. The summed E-state index contributed by atoms with van der Waals surface area (Å²) in [5, 5.41) is 11.7. The maximum absolute atomic E-state index is 13.3. The van der Waals surface area contributed by atoms with Crippen molar-refractivity contribution in [3.8, 4) is 0 Å². The maximum atomic E-state index is 13.3. The number of hydrogen-bond acceptors (Lipinski definition) is 5. The SMILES string of the molecule is Cc1nnnn1[C@H](C(=O)N1CCn2cncc2C1)c1ccccc1. The molecule has 3 heterocycles. The second kappa shape index (κ2) is 5.88. The van der Waals surface area contributed by atoms with Crippen molar-refractivity contribution in [1.82, 2.24) is 34.7 Å². The van der Waals surface area contributed by atoms with Gasteiger partial charge in [-0.05, 0) is 22.9 Å². The molecule has 0 radical (unpaired) electrons. The first kappa shape index (κ1) is 14.6. The Kier molecular flexibility index (Phi) is 3.56. The molecule has 0 saturated carbocycles. The van der Waals surface area contributed by atoms with Gasteiger partial charge in [-0.2, -0.15) is 0 Å². The van der Waals surface area contributed by atoms with Gasteiger partial charge in [0.25, 0.3) is 5.91 Å². The third kappa shape index (κ3) is 2.45. The Morgan fingerprint density at radius 2 is 2.04 bits per heavy atom. The molecule has 0 spiro atoms. The number of aryl methyl sites for hydroxylation is 1. The van der Waals surface area contributed by atoms with E-state index in [4.69, 9.17) is 0 Å². The van der Waals surface area contributed by atoms with E-state index in [1.54, 1.807) is 24.1 Å². The average molecular weight is 323 g/mol. The molecule has 1 amide bonds. The van der Waals surface area contributed by atoms with E-state index in [9.17, 15) is 4.79 Å². The number of carbonyl (C=O) groups excluding carboxylic acids is 1. The lowest BCUT2D eigenvalue weighted by Gasteiger charge is -2.31. The number of rotatable bonds is 3. The van der Waals surface area contributed by atoms with Crippen molar-refractivity contribution in [3.05, 3.63) is 59.9 Å². The average Bonchev–Trinajstić information content (AvgIpc) is 3.24. The lowest BCUT2D eigenvalue weighted by Crippen LogP contribution is -2.42. The lowest BCUT2D eigenvalue weighted by atomic mass is 10.0. The Morgan fingerprint density at radius 3 is 2.79 bits per heavy atom. The second-order valence-corrected chi connectivity index (χ2v) is 5.82. The largest absolute Gasteiger partial charge is 0.333 e. The quantitative estimate of drug-likeness (QED) is 0.712. The fraction of sp³-hybridized carbons (Fsp3) is 0.312. The van der Waals surface area contributed by atoms with Gasteiger partial charge in [0.2, 0.25) is 0 Å². The van der Waals surface area contributed by atoms with Crippen LogP contribution in [0, 0.1) is 6.92 Å². The van der Waals surface area contributed by atoms with Crippen LogP contribution in [0.3, 0.4) is 0 Å². The third-order valence-electron chi connectivity index (χ3n) is 4.33. The molecule has 0 unspecified atom stereocenters. The molecular weight excluding hydrogens is 306 g/mol. The van der Waals surface area contributed by atoms with Crippen LogP contribution in [0.5, 0.6) is 0 Å². The van der Waals surface area contributed by atoms with Crippen LogP contribution in [-0.2, 0) is 17.9 Å². The lowest BCUT2D eigenvalue weighted by molar-refractivity contribution is -0.135. The minimum Gasteiger partial charge on any atom is -0.333 e. The number of tetrazole rings is 1. The maximum Gasteiger partial charge on any atom is 0.252 e. The molecule has 0 fully saturated rings. The number of benzene rings is 1. The zero-order valence-corrected chi connectivity index (χ0v) is 13.3. The van der Waals surface area contributed by atoms with Gasteiger partial charge in [-0.25, -0.2) is 9.67 Å². The molecule has 1 aliphatic rings. The van der Waals surface area contributed by atoms with Gasteiger partial charge in [0, 0.05) is 19.3 Å². The Morgan fingerprint density at radius 1 is 1.21 bits per heavy atom.